The molecule has 8 unspecified atom stereocenters. The summed E-state index contributed by atoms with van der Waals surface area (Å²) in [5.41, 5.74) is 2.25. The Hall–Kier alpha value is -0.609. The van der Waals surface area contributed by atoms with E-state index in [9.17, 15) is 10.2 Å². The first kappa shape index (κ1) is 61.0. The molecule has 0 saturated carbocycles. The van der Waals surface area contributed by atoms with Gasteiger partial charge in [0.15, 0.2) is 30.7 Å². The normalized spacial score (nSPS) is 40.5. The van der Waals surface area contributed by atoms with Gasteiger partial charge in [0.05, 0.1) is 92.1 Å². The summed E-state index contributed by atoms with van der Waals surface area (Å²) in [5.74, 6) is -0.816. The van der Waals surface area contributed by atoms with Gasteiger partial charge >= 0.3 is 0 Å². The van der Waals surface area contributed by atoms with Crippen molar-refractivity contribution in [3.63, 3.8) is 0 Å². The zero-order valence-corrected chi connectivity index (χ0v) is 51.5. The Morgan fingerprint density at radius 1 is 0.676 bits per heavy atom. The number of methoxy groups -OCH3 is 1. The first-order valence-corrected chi connectivity index (χ1v) is 37.9. The first-order valence-electron chi connectivity index (χ1n) is 30.3. The van der Waals surface area contributed by atoms with Crippen LogP contribution < -0.4 is 0 Å². The van der Waals surface area contributed by atoms with E-state index in [4.69, 9.17) is 46.4 Å². The van der Waals surface area contributed by atoms with Gasteiger partial charge in [0.25, 0.3) is 0 Å². The van der Waals surface area contributed by atoms with Crippen molar-refractivity contribution in [1.29, 1.82) is 0 Å². The van der Waals surface area contributed by atoms with Gasteiger partial charge in [-0.15, -0.1) is 0 Å². The van der Waals surface area contributed by atoms with Crippen LogP contribution in [0.2, 0.25) is 54.4 Å². The lowest BCUT2D eigenvalue weighted by Gasteiger charge is -2.50. The lowest BCUT2D eigenvalue weighted by atomic mass is 9.81. The Morgan fingerprint density at radius 2 is 1.31 bits per heavy atom. The molecule has 15 heteroatoms. The molecule has 0 aliphatic carbocycles. The van der Waals surface area contributed by atoms with E-state index in [-0.39, 0.29) is 91.0 Å². The maximum absolute atomic E-state index is 12.2. The molecule has 0 aromatic carbocycles. The number of hydrogen-bond donors (Lipinski definition) is 2. The quantitative estimate of drug-likeness (QED) is 0.0942. The summed E-state index contributed by atoms with van der Waals surface area (Å²) >= 11 is 0. The smallest absolute Gasteiger partial charge is 0.192 e. The minimum atomic E-state index is -2.14. The fourth-order valence-corrected chi connectivity index (χ4v) is 23.0. The molecule has 9 bridgehead atoms. The predicted molar refractivity (Wildman–Crippen MR) is 302 cm³/mol. The number of ether oxygens (including phenoxy) is 7. The van der Waals surface area contributed by atoms with Crippen molar-refractivity contribution in [2.45, 2.75) is 305 Å². The largest absolute Gasteiger partial charge is 0.414 e. The molecule has 426 valence electrons. The van der Waals surface area contributed by atoms with Gasteiger partial charge in [-0.1, -0.05) is 101 Å². The second-order valence-corrected chi connectivity index (χ2v) is 38.5. The summed E-state index contributed by atoms with van der Waals surface area (Å²) in [5, 5.41) is 23.9. The van der Waals surface area contributed by atoms with Crippen LogP contribution in [0.4, 0.5) is 0 Å². The molecule has 12 nitrogen and oxygen atoms in total. The third kappa shape index (κ3) is 13.6. The van der Waals surface area contributed by atoms with E-state index < -0.39 is 49.1 Å². The Labute approximate surface area is 452 Å². The monoisotopic (exact) mass is 1090 g/mol. The number of aliphatic hydroxyl groups is 2. The Kier molecular flexibility index (Phi) is 22.1. The van der Waals surface area contributed by atoms with Gasteiger partial charge in [0.2, 0.25) is 0 Å². The van der Waals surface area contributed by atoms with Crippen LogP contribution in [-0.2, 0) is 46.4 Å². The van der Waals surface area contributed by atoms with Crippen LogP contribution in [0.15, 0.2) is 36.5 Å². The molecule has 7 heterocycles. The van der Waals surface area contributed by atoms with E-state index in [1.807, 2.05) is 7.11 Å². The molecule has 74 heavy (non-hydrogen) atoms. The molecular formula is C59H106O12Si3. The second kappa shape index (κ2) is 26.8. The SMILES string of the molecule is C=C1CC2CC[C@]34C[C@@H](O)[C@H](O3)[C@@H]3OC(C/C=C/CC(O)CC5[C@H](CC6OC(CCC1O2)C[C@@H](C)C6=C)O[C@H](C[C@@H](CO[Si](CC)(CC)CC)O[Si](CC)(CC)CC)[C@@H]5OC)C(O[Si](CC)(CC)CC)[C@H](O4)[C@@H]3C. The molecular weight excluding hydrogens is 985 g/mol. The summed E-state index contributed by atoms with van der Waals surface area (Å²) < 4.78 is 71.1. The van der Waals surface area contributed by atoms with Crippen LogP contribution >= 0.6 is 0 Å². The molecule has 2 N–H and O–H groups in total. The second-order valence-electron chi connectivity index (χ2n) is 24.3. The summed E-state index contributed by atoms with van der Waals surface area (Å²) in [6, 6.07) is 9.49. The highest BCUT2D eigenvalue weighted by Gasteiger charge is 2.62. The first-order chi connectivity index (χ1) is 35.4. The van der Waals surface area contributed by atoms with E-state index in [0.29, 0.717) is 51.6 Å². The molecule has 1 spiro atoms. The lowest BCUT2D eigenvalue weighted by molar-refractivity contribution is -0.265. The van der Waals surface area contributed by atoms with Gasteiger partial charge in [-0.2, -0.15) is 0 Å². The van der Waals surface area contributed by atoms with Gasteiger partial charge in [0, 0.05) is 44.6 Å². The molecule has 0 aromatic rings. The highest BCUT2D eigenvalue weighted by molar-refractivity contribution is 6.74. The average Bonchev–Trinajstić information content (AvgIpc) is 4.03. The third-order valence-corrected chi connectivity index (χ3v) is 34.4. The lowest BCUT2D eigenvalue weighted by Crippen LogP contribution is -2.62. The molecule has 7 aliphatic heterocycles. The summed E-state index contributed by atoms with van der Waals surface area (Å²) in [6.07, 6.45) is 8.20. The summed E-state index contributed by atoms with van der Waals surface area (Å²) in [4.78, 5) is 0. The molecule has 7 rings (SSSR count). The number of hydrogen-bond acceptors (Lipinski definition) is 12. The summed E-state index contributed by atoms with van der Waals surface area (Å²) in [6.45, 7) is 34.9. The van der Waals surface area contributed by atoms with Gasteiger partial charge in [-0.25, -0.2) is 0 Å². The molecule has 0 radical (unpaired) electrons. The van der Waals surface area contributed by atoms with E-state index in [1.165, 1.54) is 0 Å². The van der Waals surface area contributed by atoms with Crippen molar-refractivity contribution in [3.8, 4) is 0 Å². The van der Waals surface area contributed by atoms with Crippen molar-refractivity contribution in [3.05, 3.63) is 36.5 Å². The van der Waals surface area contributed by atoms with Gasteiger partial charge in [0.1, 0.15) is 6.10 Å². The Balaban J connectivity index is 1.20. The van der Waals surface area contributed by atoms with Crippen LogP contribution in [0.1, 0.15) is 153 Å². The zero-order chi connectivity index (χ0) is 53.6. The van der Waals surface area contributed by atoms with Crippen molar-refractivity contribution < 1.29 is 56.6 Å². The molecule has 7 aliphatic rings. The van der Waals surface area contributed by atoms with Crippen molar-refractivity contribution in [1.82, 2.24) is 0 Å². The van der Waals surface area contributed by atoms with Crippen LogP contribution in [0, 0.1) is 17.8 Å². The molecule has 0 aromatic heterocycles. The van der Waals surface area contributed by atoms with Crippen molar-refractivity contribution >= 4 is 25.0 Å². The van der Waals surface area contributed by atoms with Crippen LogP contribution in [0.3, 0.4) is 0 Å². The Morgan fingerprint density at radius 3 is 1.96 bits per heavy atom. The predicted octanol–water partition coefficient (Wildman–Crippen LogP) is 12.3. The van der Waals surface area contributed by atoms with E-state index in [1.54, 1.807) is 0 Å². The van der Waals surface area contributed by atoms with E-state index in [2.05, 4.69) is 101 Å². The fourth-order valence-electron chi connectivity index (χ4n) is 14.6. The topological polar surface area (TPSA) is 133 Å². The Bertz CT molecular complexity index is 1780. The standard InChI is InChI=1S/C59H106O12Si3/c1-15-72(16-2,17-3)63-38-46(70-73(18-4,19-5)20-6)35-53-56(62-14)47-34-43(60)26-24-25-27-50-58(71-74(21-7,22-8)23-9)55-42(13)54(67-50)57-48(61)37-59(68-55,69-57)31-30-45-33-40(11)49(64-45)29-28-44-32-39(10)41(12)51(65-44)36-52(47)66-53/h24-25,39,42-58,60-61H,11-12,15-23,26-38H2,1-10,13-14H3/b25-24+/t39-,42-,43?,44?,45?,46+,47?,48-,49?,50?,51?,52+,53-,54-,55-,56-,57+,58?,59-/m1/s1. The summed E-state index contributed by atoms with van der Waals surface area (Å²) in [7, 11) is -4.26. The van der Waals surface area contributed by atoms with E-state index >= 15 is 0 Å². The molecule has 6 fully saturated rings. The van der Waals surface area contributed by atoms with Crippen molar-refractivity contribution in [2.75, 3.05) is 13.7 Å². The molecule has 19 atom stereocenters. The maximum Gasteiger partial charge on any atom is 0.192 e. The van der Waals surface area contributed by atoms with E-state index in [0.717, 1.165) is 97.6 Å². The minimum absolute atomic E-state index is 0.0135. The van der Waals surface area contributed by atoms with Gasteiger partial charge < -0.3 is 56.6 Å². The molecule has 0 amide bonds. The highest BCUT2D eigenvalue weighted by atomic mass is 28.4. The minimum Gasteiger partial charge on any atom is -0.414 e. The van der Waals surface area contributed by atoms with Gasteiger partial charge in [-0.05, 0) is 123 Å². The third-order valence-electron chi connectivity index (χ3n) is 20.4. The van der Waals surface area contributed by atoms with Crippen molar-refractivity contribution in [2.24, 2.45) is 17.8 Å². The molecule has 6 saturated heterocycles. The number of aliphatic hydroxyl groups excluding tert-OH is 2. The number of fused-ring (bicyclic) bond motifs is 9. The van der Waals surface area contributed by atoms with Crippen LogP contribution in [0.5, 0.6) is 0 Å². The van der Waals surface area contributed by atoms with Crippen LogP contribution in [-0.4, -0.2) is 146 Å². The van der Waals surface area contributed by atoms with Gasteiger partial charge in [-0.3, -0.25) is 0 Å². The highest BCUT2D eigenvalue weighted by Crippen LogP contribution is 2.51. The maximum atomic E-state index is 12.2. The average molecular weight is 1090 g/mol. The zero-order valence-electron chi connectivity index (χ0n) is 48.5. The number of rotatable bonds is 19. The fraction of sp³-hybridized carbons (Fsp3) is 0.898. The van der Waals surface area contributed by atoms with Crippen LogP contribution in [0.25, 0.3) is 0 Å².